The van der Waals surface area contributed by atoms with E-state index in [2.05, 4.69) is 0 Å². The first-order valence-electron chi connectivity index (χ1n) is 6.76. The highest BCUT2D eigenvalue weighted by molar-refractivity contribution is 5.87. The Hall–Kier alpha value is -2.05. The van der Waals surface area contributed by atoms with Gasteiger partial charge < -0.3 is 10.0 Å². The predicted molar refractivity (Wildman–Crippen MR) is 74.3 cm³/mol. The first-order valence-corrected chi connectivity index (χ1v) is 6.76. The molecule has 0 saturated heterocycles. The fourth-order valence-corrected chi connectivity index (χ4v) is 2.09. The van der Waals surface area contributed by atoms with E-state index in [0.29, 0.717) is 0 Å². The maximum atomic E-state index is 12.8. The summed E-state index contributed by atoms with van der Waals surface area (Å²) in [5, 5.41) is 8.93. The summed E-state index contributed by atoms with van der Waals surface area (Å²) in [6.45, 7) is 3.02. The molecule has 7 heteroatoms. The van der Waals surface area contributed by atoms with E-state index < -0.39 is 35.6 Å². The first-order chi connectivity index (χ1) is 10.1. The van der Waals surface area contributed by atoms with Gasteiger partial charge in [-0.2, -0.15) is 13.2 Å². The average molecular weight is 317 g/mol. The van der Waals surface area contributed by atoms with Gasteiger partial charge in [0.15, 0.2) is 0 Å². The molecule has 2 unspecified atom stereocenters. The molecule has 0 heterocycles. The molecule has 0 radical (unpaired) electrons. The van der Waals surface area contributed by atoms with Crippen LogP contribution in [0, 0.1) is 0 Å². The molecule has 0 bridgehead atoms. The van der Waals surface area contributed by atoms with Crippen molar-refractivity contribution >= 4 is 11.9 Å². The van der Waals surface area contributed by atoms with Crippen molar-refractivity contribution in [1.29, 1.82) is 0 Å². The lowest BCUT2D eigenvalue weighted by molar-refractivity contribution is -0.148. The van der Waals surface area contributed by atoms with Crippen molar-refractivity contribution in [3.05, 3.63) is 35.4 Å². The lowest BCUT2D eigenvalue weighted by atomic mass is 9.93. The third kappa shape index (κ3) is 3.99. The van der Waals surface area contributed by atoms with Crippen LogP contribution < -0.4 is 0 Å². The van der Waals surface area contributed by atoms with Crippen LogP contribution >= 0.6 is 0 Å². The Morgan fingerprint density at radius 3 is 2.36 bits per heavy atom. The molecule has 1 N–H and O–H groups in total. The number of hydrogen-bond acceptors (Lipinski definition) is 2. The number of carbonyl (C=O) groups is 2. The molecule has 0 saturated carbocycles. The summed E-state index contributed by atoms with van der Waals surface area (Å²) in [4.78, 5) is 24.3. The molecule has 1 rings (SSSR count). The van der Waals surface area contributed by atoms with Crippen LogP contribution in [0.15, 0.2) is 24.3 Å². The van der Waals surface area contributed by atoms with Gasteiger partial charge >= 0.3 is 12.1 Å². The molecule has 0 spiro atoms. The van der Waals surface area contributed by atoms with Crippen LogP contribution in [0.3, 0.4) is 0 Å². The molecular formula is C15H18F3NO3. The summed E-state index contributed by atoms with van der Waals surface area (Å²) < 4.78 is 38.3. The first kappa shape index (κ1) is 18.0. The van der Waals surface area contributed by atoms with Gasteiger partial charge in [-0.15, -0.1) is 0 Å². The monoisotopic (exact) mass is 317 g/mol. The van der Waals surface area contributed by atoms with Gasteiger partial charge in [0.05, 0.1) is 11.5 Å². The quantitative estimate of drug-likeness (QED) is 0.907. The average Bonchev–Trinajstić information content (AvgIpc) is 2.45. The number of rotatable bonds is 5. The molecule has 1 aromatic rings. The summed E-state index contributed by atoms with van der Waals surface area (Å²) in [5.74, 6) is -2.50. The van der Waals surface area contributed by atoms with Crippen LogP contribution in [-0.4, -0.2) is 35.0 Å². The van der Waals surface area contributed by atoms with Crippen molar-refractivity contribution < 1.29 is 27.9 Å². The molecular weight excluding hydrogens is 299 g/mol. The van der Waals surface area contributed by atoms with Crippen LogP contribution in [-0.2, 0) is 15.8 Å². The van der Waals surface area contributed by atoms with E-state index in [4.69, 9.17) is 5.11 Å². The van der Waals surface area contributed by atoms with E-state index in [-0.39, 0.29) is 12.0 Å². The fourth-order valence-electron chi connectivity index (χ4n) is 2.09. The zero-order valence-electron chi connectivity index (χ0n) is 12.5. The zero-order chi connectivity index (χ0) is 17.1. The molecule has 0 aliphatic heterocycles. The van der Waals surface area contributed by atoms with Crippen molar-refractivity contribution in [3.63, 3.8) is 0 Å². The van der Waals surface area contributed by atoms with Crippen molar-refractivity contribution in [2.75, 3.05) is 7.05 Å². The largest absolute Gasteiger partial charge is 0.480 e. The van der Waals surface area contributed by atoms with Crippen molar-refractivity contribution in [2.24, 2.45) is 0 Å². The molecule has 2 atom stereocenters. The second-order valence-corrected chi connectivity index (χ2v) is 5.05. The topological polar surface area (TPSA) is 57.6 Å². The Morgan fingerprint density at radius 1 is 1.32 bits per heavy atom. The number of alkyl halides is 3. The van der Waals surface area contributed by atoms with Crippen molar-refractivity contribution in [1.82, 2.24) is 4.90 Å². The van der Waals surface area contributed by atoms with Crippen molar-refractivity contribution in [3.8, 4) is 0 Å². The highest BCUT2D eigenvalue weighted by atomic mass is 19.4. The Kier molecular flexibility index (Phi) is 5.57. The number of carboxylic acid groups (broad SMARTS) is 1. The number of aliphatic carboxylic acids is 1. The summed E-state index contributed by atoms with van der Waals surface area (Å²) in [5.41, 5.74) is -0.600. The molecule has 0 aliphatic rings. The molecule has 0 aliphatic carbocycles. The van der Waals surface area contributed by atoms with E-state index in [1.54, 1.807) is 6.92 Å². The maximum Gasteiger partial charge on any atom is 0.416 e. The van der Waals surface area contributed by atoms with Crippen LogP contribution in [0.2, 0.25) is 0 Å². The molecule has 1 aromatic carbocycles. The van der Waals surface area contributed by atoms with E-state index in [1.807, 2.05) is 0 Å². The summed E-state index contributed by atoms with van der Waals surface area (Å²) in [6.07, 6.45) is -4.21. The molecule has 4 nitrogen and oxygen atoms in total. The van der Waals surface area contributed by atoms with Crippen LogP contribution in [0.1, 0.15) is 37.3 Å². The van der Waals surface area contributed by atoms with Gasteiger partial charge in [-0.1, -0.05) is 25.1 Å². The molecule has 122 valence electrons. The molecule has 0 aromatic heterocycles. The second kappa shape index (κ2) is 6.81. The number of carbonyl (C=O) groups excluding carboxylic acids is 1. The van der Waals surface area contributed by atoms with Crippen molar-refractivity contribution in [2.45, 2.75) is 38.4 Å². The number of hydrogen-bond donors (Lipinski definition) is 1. The standard InChI is InChI=1S/C15H18F3NO3/c1-4-12(13(20)19(3)9(2)14(21)22)10-6-5-7-11(8-10)15(16,17)18/h5-9,12H,4H2,1-3H3,(H,21,22). The minimum absolute atomic E-state index is 0.228. The summed E-state index contributed by atoms with van der Waals surface area (Å²) >= 11 is 0. The van der Waals surface area contributed by atoms with Gasteiger partial charge in [-0.25, -0.2) is 4.79 Å². The second-order valence-electron chi connectivity index (χ2n) is 5.05. The number of amides is 1. The van der Waals surface area contributed by atoms with E-state index in [0.717, 1.165) is 17.0 Å². The highest BCUT2D eigenvalue weighted by Crippen LogP contribution is 2.32. The van der Waals surface area contributed by atoms with E-state index >= 15 is 0 Å². The third-order valence-electron chi connectivity index (χ3n) is 3.61. The van der Waals surface area contributed by atoms with Gasteiger partial charge in [-0.3, -0.25) is 4.79 Å². The Bertz CT molecular complexity index is 557. The number of carboxylic acids is 1. The lowest BCUT2D eigenvalue weighted by Crippen LogP contribution is -2.42. The molecule has 22 heavy (non-hydrogen) atoms. The number of halogens is 3. The number of likely N-dealkylation sites (N-methyl/N-ethyl adjacent to an activating group) is 1. The summed E-state index contributed by atoms with van der Waals surface area (Å²) in [7, 11) is 1.33. The Labute approximate surface area is 126 Å². The highest BCUT2D eigenvalue weighted by Gasteiger charge is 2.33. The third-order valence-corrected chi connectivity index (χ3v) is 3.61. The Balaban J connectivity index is 3.11. The molecule has 0 fully saturated rings. The SMILES string of the molecule is CCC(C(=O)N(C)C(C)C(=O)O)c1cccc(C(F)(F)F)c1. The fraction of sp³-hybridized carbons (Fsp3) is 0.467. The van der Waals surface area contributed by atoms with Gasteiger partial charge in [0, 0.05) is 7.05 Å². The Morgan fingerprint density at radius 2 is 1.91 bits per heavy atom. The van der Waals surface area contributed by atoms with Crippen LogP contribution in [0.5, 0.6) is 0 Å². The summed E-state index contributed by atoms with van der Waals surface area (Å²) in [6, 6.07) is 3.51. The lowest BCUT2D eigenvalue weighted by Gasteiger charge is -2.26. The van der Waals surface area contributed by atoms with Crippen LogP contribution in [0.4, 0.5) is 13.2 Å². The van der Waals surface area contributed by atoms with Gasteiger partial charge in [-0.05, 0) is 25.0 Å². The number of benzene rings is 1. The molecule has 1 amide bonds. The van der Waals surface area contributed by atoms with E-state index in [9.17, 15) is 22.8 Å². The normalized spacial score (nSPS) is 14.3. The number of nitrogens with zero attached hydrogens (tertiary/aromatic N) is 1. The van der Waals surface area contributed by atoms with E-state index in [1.165, 1.54) is 26.1 Å². The van der Waals surface area contributed by atoms with Gasteiger partial charge in [0.1, 0.15) is 6.04 Å². The minimum atomic E-state index is -4.49. The zero-order valence-corrected chi connectivity index (χ0v) is 12.5. The minimum Gasteiger partial charge on any atom is -0.480 e. The van der Waals surface area contributed by atoms with Gasteiger partial charge in [0.25, 0.3) is 0 Å². The smallest absolute Gasteiger partial charge is 0.416 e. The van der Waals surface area contributed by atoms with Crippen LogP contribution in [0.25, 0.3) is 0 Å². The predicted octanol–water partition coefficient (Wildman–Crippen LogP) is 3.13. The maximum absolute atomic E-state index is 12.8. The van der Waals surface area contributed by atoms with Gasteiger partial charge in [0.2, 0.25) is 5.91 Å².